The maximum atomic E-state index is 4.63. The lowest BCUT2D eigenvalue weighted by Gasteiger charge is -2.22. The minimum absolute atomic E-state index is 0.652. The molecule has 0 radical (unpaired) electrons. The number of halogens is 1. The predicted molar refractivity (Wildman–Crippen MR) is 76.8 cm³/mol. The van der Waals surface area contributed by atoms with E-state index in [1.165, 1.54) is 34.4 Å². The zero-order valence-corrected chi connectivity index (χ0v) is 12.2. The molecule has 1 aliphatic rings. The molecule has 0 fully saturated rings. The fourth-order valence-corrected chi connectivity index (χ4v) is 3.16. The summed E-state index contributed by atoms with van der Waals surface area (Å²) in [7, 11) is 0. The van der Waals surface area contributed by atoms with Gasteiger partial charge in [0.1, 0.15) is 5.82 Å². The second-order valence-electron chi connectivity index (χ2n) is 5.06. The highest BCUT2D eigenvalue weighted by atomic mass is 79.9. The Balaban J connectivity index is 1.92. The van der Waals surface area contributed by atoms with Crippen LogP contribution in [0.25, 0.3) is 0 Å². The lowest BCUT2D eigenvalue weighted by molar-refractivity contribution is 0.465. The molecule has 1 atom stereocenters. The van der Waals surface area contributed by atoms with E-state index in [2.05, 4.69) is 62.9 Å². The number of rotatable bonds is 2. The molecule has 18 heavy (non-hydrogen) atoms. The van der Waals surface area contributed by atoms with Crippen LogP contribution in [-0.4, -0.2) is 9.55 Å². The number of nitrogens with zero attached hydrogens (tertiary/aromatic N) is 2. The van der Waals surface area contributed by atoms with Crippen LogP contribution in [-0.2, 0) is 13.0 Å². The average Bonchev–Trinajstić information content (AvgIpc) is 2.77. The van der Waals surface area contributed by atoms with Crippen LogP contribution in [0.15, 0.2) is 34.9 Å². The number of imidazole rings is 1. The molecule has 2 aromatic rings. The molecule has 0 saturated heterocycles. The Morgan fingerprint density at radius 2 is 2.22 bits per heavy atom. The largest absolute Gasteiger partial charge is 0.332 e. The van der Waals surface area contributed by atoms with Gasteiger partial charge in [0.05, 0.1) is 0 Å². The van der Waals surface area contributed by atoms with Gasteiger partial charge in [-0.1, -0.05) is 41.1 Å². The summed E-state index contributed by atoms with van der Waals surface area (Å²) in [4.78, 5) is 4.63. The van der Waals surface area contributed by atoms with Gasteiger partial charge in [0.15, 0.2) is 0 Å². The molecule has 0 bridgehead atoms. The van der Waals surface area contributed by atoms with Crippen molar-refractivity contribution in [3.63, 3.8) is 0 Å². The van der Waals surface area contributed by atoms with E-state index in [9.17, 15) is 0 Å². The monoisotopic (exact) mass is 304 g/mol. The Labute approximate surface area is 116 Å². The van der Waals surface area contributed by atoms with Crippen LogP contribution >= 0.6 is 15.9 Å². The maximum absolute atomic E-state index is 4.63. The molecular formula is C15H17BrN2. The predicted octanol–water partition coefficient (Wildman–Crippen LogP) is 4.13. The molecule has 1 unspecified atom stereocenters. The molecule has 1 aliphatic heterocycles. The van der Waals surface area contributed by atoms with E-state index in [4.69, 9.17) is 0 Å². The molecule has 3 heteroatoms. The standard InChI is InChI=1S/C15H17BrN2/c1-11-5-4-8-18-14(11)10-17-15(18)9-12-6-2-3-7-13(12)16/h2-3,6-7,10-11H,4-5,8-9H2,1H3. The van der Waals surface area contributed by atoms with E-state index in [-0.39, 0.29) is 0 Å². The van der Waals surface area contributed by atoms with Crippen molar-refractivity contribution in [2.75, 3.05) is 0 Å². The molecule has 0 spiro atoms. The summed E-state index contributed by atoms with van der Waals surface area (Å²) >= 11 is 3.61. The molecule has 2 nitrogen and oxygen atoms in total. The van der Waals surface area contributed by atoms with Crippen LogP contribution < -0.4 is 0 Å². The van der Waals surface area contributed by atoms with Gasteiger partial charge in [-0.3, -0.25) is 0 Å². The SMILES string of the molecule is CC1CCCn2c1cnc2Cc1ccccc1Br. The van der Waals surface area contributed by atoms with E-state index in [1.807, 2.05) is 0 Å². The molecular weight excluding hydrogens is 288 g/mol. The first kappa shape index (κ1) is 12.0. The van der Waals surface area contributed by atoms with Crippen molar-refractivity contribution in [2.24, 2.45) is 0 Å². The average molecular weight is 305 g/mol. The fourth-order valence-electron chi connectivity index (χ4n) is 2.74. The summed E-state index contributed by atoms with van der Waals surface area (Å²) in [5.74, 6) is 1.85. The number of aromatic nitrogens is 2. The fraction of sp³-hybridized carbons (Fsp3) is 0.400. The third kappa shape index (κ3) is 2.12. The summed E-state index contributed by atoms with van der Waals surface area (Å²) in [6, 6.07) is 8.40. The first-order valence-electron chi connectivity index (χ1n) is 6.53. The second kappa shape index (κ2) is 4.88. The highest BCUT2D eigenvalue weighted by molar-refractivity contribution is 9.10. The first-order chi connectivity index (χ1) is 8.75. The number of hydrogen-bond acceptors (Lipinski definition) is 1. The van der Waals surface area contributed by atoms with E-state index < -0.39 is 0 Å². The smallest absolute Gasteiger partial charge is 0.113 e. The minimum atomic E-state index is 0.652. The van der Waals surface area contributed by atoms with Gasteiger partial charge in [0.2, 0.25) is 0 Å². The Kier molecular flexibility index (Phi) is 3.25. The Hall–Kier alpha value is -1.09. The second-order valence-corrected chi connectivity index (χ2v) is 5.92. The summed E-state index contributed by atoms with van der Waals surface area (Å²) < 4.78 is 3.58. The number of benzene rings is 1. The lowest BCUT2D eigenvalue weighted by Crippen LogP contribution is -2.15. The first-order valence-corrected chi connectivity index (χ1v) is 7.32. The van der Waals surface area contributed by atoms with Crippen LogP contribution in [0, 0.1) is 0 Å². The zero-order valence-electron chi connectivity index (χ0n) is 10.6. The molecule has 3 rings (SSSR count). The van der Waals surface area contributed by atoms with Crippen molar-refractivity contribution in [3.05, 3.63) is 52.0 Å². The van der Waals surface area contributed by atoms with Crippen LogP contribution in [0.2, 0.25) is 0 Å². The van der Waals surface area contributed by atoms with Crippen LogP contribution in [0.4, 0.5) is 0 Å². The van der Waals surface area contributed by atoms with Crippen molar-refractivity contribution in [1.29, 1.82) is 0 Å². The van der Waals surface area contributed by atoms with Crippen LogP contribution in [0.5, 0.6) is 0 Å². The van der Waals surface area contributed by atoms with Gasteiger partial charge in [-0.25, -0.2) is 4.98 Å². The van der Waals surface area contributed by atoms with Crippen molar-refractivity contribution in [2.45, 2.75) is 38.6 Å². The van der Waals surface area contributed by atoms with Crippen molar-refractivity contribution in [1.82, 2.24) is 9.55 Å². The van der Waals surface area contributed by atoms with Gasteiger partial charge in [-0.2, -0.15) is 0 Å². The molecule has 94 valence electrons. The minimum Gasteiger partial charge on any atom is -0.332 e. The van der Waals surface area contributed by atoms with Gasteiger partial charge >= 0.3 is 0 Å². The zero-order chi connectivity index (χ0) is 12.5. The van der Waals surface area contributed by atoms with Gasteiger partial charge in [0, 0.05) is 29.3 Å². The summed E-state index contributed by atoms with van der Waals surface area (Å²) in [5.41, 5.74) is 2.72. The van der Waals surface area contributed by atoms with Gasteiger partial charge in [-0.05, 0) is 30.4 Å². The lowest BCUT2D eigenvalue weighted by atomic mass is 9.98. The quantitative estimate of drug-likeness (QED) is 0.815. The Morgan fingerprint density at radius 3 is 3.06 bits per heavy atom. The topological polar surface area (TPSA) is 17.8 Å². The van der Waals surface area contributed by atoms with Gasteiger partial charge in [-0.15, -0.1) is 0 Å². The van der Waals surface area contributed by atoms with E-state index in [1.54, 1.807) is 0 Å². The van der Waals surface area contributed by atoms with Crippen LogP contribution in [0.3, 0.4) is 0 Å². The maximum Gasteiger partial charge on any atom is 0.113 e. The molecule has 0 saturated carbocycles. The molecule has 0 amide bonds. The highest BCUT2D eigenvalue weighted by Crippen LogP contribution is 2.29. The van der Waals surface area contributed by atoms with E-state index in [0.29, 0.717) is 5.92 Å². The third-order valence-electron chi connectivity index (χ3n) is 3.80. The van der Waals surface area contributed by atoms with Crippen LogP contribution in [0.1, 0.15) is 42.8 Å². The Morgan fingerprint density at radius 1 is 1.39 bits per heavy atom. The van der Waals surface area contributed by atoms with Gasteiger partial charge < -0.3 is 4.57 Å². The molecule has 1 aromatic heterocycles. The normalized spacial score (nSPS) is 18.7. The molecule has 1 aromatic carbocycles. The van der Waals surface area contributed by atoms with Gasteiger partial charge in [0.25, 0.3) is 0 Å². The molecule has 0 N–H and O–H groups in total. The number of hydrogen-bond donors (Lipinski definition) is 0. The molecule has 0 aliphatic carbocycles. The highest BCUT2D eigenvalue weighted by Gasteiger charge is 2.20. The summed E-state index contributed by atoms with van der Waals surface area (Å²) in [5, 5.41) is 0. The molecule has 2 heterocycles. The Bertz CT molecular complexity index is 559. The number of fused-ring (bicyclic) bond motifs is 1. The van der Waals surface area contributed by atoms with Crippen molar-refractivity contribution >= 4 is 15.9 Å². The van der Waals surface area contributed by atoms with Crippen molar-refractivity contribution in [3.8, 4) is 0 Å². The van der Waals surface area contributed by atoms with E-state index >= 15 is 0 Å². The third-order valence-corrected chi connectivity index (χ3v) is 4.57. The summed E-state index contributed by atoms with van der Waals surface area (Å²) in [6.45, 7) is 3.42. The van der Waals surface area contributed by atoms with E-state index in [0.717, 1.165) is 13.0 Å². The van der Waals surface area contributed by atoms with Crippen molar-refractivity contribution < 1.29 is 0 Å². The summed E-state index contributed by atoms with van der Waals surface area (Å²) in [6.07, 6.45) is 5.54.